The second-order valence-electron chi connectivity index (χ2n) is 6.01. The number of nitrogens with zero attached hydrogens (tertiary/aromatic N) is 1. The predicted octanol–water partition coefficient (Wildman–Crippen LogP) is 4.86. The molecule has 0 spiro atoms. The number of rotatable bonds is 6. The lowest BCUT2D eigenvalue weighted by Gasteiger charge is -2.10. The van der Waals surface area contributed by atoms with Crippen molar-refractivity contribution in [1.82, 2.24) is 5.43 Å². The topological polar surface area (TPSA) is 63.8 Å². The number of para-hydroxylation sites is 1. The summed E-state index contributed by atoms with van der Waals surface area (Å²) in [4.78, 5) is 11.9. The molecule has 3 rings (SSSR count). The minimum Gasteiger partial charge on any atom is -0.483 e. The molecule has 5 nitrogen and oxygen atoms in total. The van der Waals surface area contributed by atoms with Crippen molar-refractivity contribution in [1.29, 1.82) is 0 Å². The number of amides is 1. The summed E-state index contributed by atoms with van der Waals surface area (Å²) in [5, 5.41) is 3.91. The summed E-state index contributed by atoms with van der Waals surface area (Å²) >= 11 is 3.40. The van der Waals surface area contributed by atoms with Crippen LogP contribution in [0.25, 0.3) is 11.3 Å². The molecule has 27 heavy (non-hydrogen) atoms. The number of benzene rings is 2. The lowest BCUT2D eigenvalue weighted by molar-refractivity contribution is -0.123. The third-order valence-electron chi connectivity index (χ3n) is 3.89. The van der Waals surface area contributed by atoms with Gasteiger partial charge in [0.25, 0.3) is 5.91 Å². The van der Waals surface area contributed by atoms with E-state index < -0.39 is 0 Å². The van der Waals surface area contributed by atoms with Gasteiger partial charge in [0.15, 0.2) is 6.61 Å². The van der Waals surface area contributed by atoms with Crippen molar-refractivity contribution in [3.05, 3.63) is 76.0 Å². The smallest absolute Gasteiger partial charge is 0.277 e. The zero-order valence-electron chi connectivity index (χ0n) is 15.0. The quantitative estimate of drug-likeness (QED) is 0.452. The van der Waals surface area contributed by atoms with Gasteiger partial charge in [-0.3, -0.25) is 4.79 Å². The number of halogens is 1. The van der Waals surface area contributed by atoms with Gasteiger partial charge in [0.05, 0.1) is 6.21 Å². The average molecular weight is 427 g/mol. The molecule has 0 aliphatic heterocycles. The van der Waals surface area contributed by atoms with Crippen LogP contribution in [0.1, 0.15) is 16.9 Å². The van der Waals surface area contributed by atoms with Crippen molar-refractivity contribution in [2.75, 3.05) is 6.61 Å². The molecule has 6 heteroatoms. The maximum absolute atomic E-state index is 11.9. The Morgan fingerprint density at radius 1 is 1.11 bits per heavy atom. The van der Waals surface area contributed by atoms with Gasteiger partial charge < -0.3 is 9.15 Å². The lowest BCUT2D eigenvalue weighted by Crippen LogP contribution is -2.24. The van der Waals surface area contributed by atoms with E-state index in [4.69, 9.17) is 9.15 Å². The van der Waals surface area contributed by atoms with E-state index in [1.807, 2.05) is 62.4 Å². The zero-order valence-corrected chi connectivity index (χ0v) is 16.6. The van der Waals surface area contributed by atoms with Crippen LogP contribution in [0, 0.1) is 13.8 Å². The van der Waals surface area contributed by atoms with Crippen molar-refractivity contribution in [3.63, 3.8) is 0 Å². The highest BCUT2D eigenvalue weighted by Crippen LogP contribution is 2.23. The van der Waals surface area contributed by atoms with Crippen molar-refractivity contribution >= 4 is 28.1 Å². The Hall–Kier alpha value is -2.86. The third-order valence-corrected chi connectivity index (χ3v) is 4.42. The Labute approximate surface area is 166 Å². The fourth-order valence-corrected chi connectivity index (χ4v) is 2.82. The molecule has 0 unspecified atom stereocenters. The van der Waals surface area contributed by atoms with Crippen LogP contribution >= 0.6 is 15.9 Å². The van der Waals surface area contributed by atoms with Gasteiger partial charge in [0.1, 0.15) is 17.3 Å². The number of carbonyl (C=O) groups excluding carboxylic acids is 1. The SMILES string of the molecule is Cc1cccc(C)c1OCC(=O)NN=Cc1ccc(-c2ccc(Br)cc2)o1. The van der Waals surface area contributed by atoms with Crippen molar-refractivity contribution in [3.8, 4) is 17.1 Å². The van der Waals surface area contributed by atoms with E-state index in [9.17, 15) is 4.79 Å². The minimum absolute atomic E-state index is 0.106. The van der Waals surface area contributed by atoms with Gasteiger partial charge in [-0.05, 0) is 49.2 Å². The number of carbonyl (C=O) groups is 1. The summed E-state index contributed by atoms with van der Waals surface area (Å²) in [5.74, 6) is 1.66. The number of hydrogen-bond donors (Lipinski definition) is 1. The molecular weight excluding hydrogens is 408 g/mol. The fraction of sp³-hybridized carbons (Fsp3) is 0.143. The minimum atomic E-state index is -0.339. The lowest BCUT2D eigenvalue weighted by atomic mass is 10.1. The summed E-state index contributed by atoms with van der Waals surface area (Å²) < 4.78 is 12.3. The first kappa shape index (κ1) is 18.9. The molecule has 0 bridgehead atoms. The third kappa shape index (κ3) is 5.08. The van der Waals surface area contributed by atoms with Crippen LogP contribution < -0.4 is 10.2 Å². The van der Waals surface area contributed by atoms with E-state index in [0.29, 0.717) is 5.76 Å². The summed E-state index contributed by atoms with van der Waals surface area (Å²) in [7, 11) is 0. The largest absolute Gasteiger partial charge is 0.483 e. The maximum Gasteiger partial charge on any atom is 0.277 e. The molecule has 1 N–H and O–H groups in total. The van der Waals surface area contributed by atoms with Gasteiger partial charge in [0.2, 0.25) is 0 Å². The second-order valence-corrected chi connectivity index (χ2v) is 6.93. The Kier molecular flexibility index (Phi) is 6.08. The van der Waals surface area contributed by atoms with Crippen molar-refractivity contribution < 1.29 is 13.9 Å². The van der Waals surface area contributed by atoms with Gasteiger partial charge in [-0.25, -0.2) is 5.43 Å². The monoisotopic (exact) mass is 426 g/mol. The molecule has 0 radical (unpaired) electrons. The van der Waals surface area contributed by atoms with Crippen LogP contribution in [-0.2, 0) is 4.79 Å². The first-order valence-corrected chi connectivity index (χ1v) is 9.19. The molecule has 2 aromatic carbocycles. The normalized spacial score (nSPS) is 10.9. The molecule has 3 aromatic rings. The van der Waals surface area contributed by atoms with E-state index in [-0.39, 0.29) is 12.5 Å². The van der Waals surface area contributed by atoms with Crippen LogP contribution in [-0.4, -0.2) is 18.7 Å². The van der Waals surface area contributed by atoms with Gasteiger partial charge in [0, 0.05) is 10.0 Å². The molecule has 1 aromatic heterocycles. The van der Waals surface area contributed by atoms with Gasteiger partial charge in [-0.15, -0.1) is 0 Å². The average Bonchev–Trinajstić information content (AvgIpc) is 3.11. The Bertz CT molecular complexity index is 942. The molecule has 138 valence electrons. The number of hydrogen-bond acceptors (Lipinski definition) is 4. The van der Waals surface area contributed by atoms with Crippen LogP contribution in [0.2, 0.25) is 0 Å². The van der Waals surface area contributed by atoms with Crippen LogP contribution in [0.3, 0.4) is 0 Å². The highest BCUT2D eigenvalue weighted by Gasteiger charge is 2.07. The molecule has 0 atom stereocenters. The van der Waals surface area contributed by atoms with Crippen LogP contribution in [0.5, 0.6) is 5.75 Å². The summed E-state index contributed by atoms with van der Waals surface area (Å²) in [6, 6.07) is 17.3. The maximum atomic E-state index is 11.9. The molecule has 0 aliphatic carbocycles. The summed E-state index contributed by atoms with van der Waals surface area (Å²) in [6.07, 6.45) is 1.46. The molecule has 0 saturated heterocycles. The van der Waals surface area contributed by atoms with E-state index in [2.05, 4.69) is 26.5 Å². The van der Waals surface area contributed by atoms with Crippen molar-refractivity contribution in [2.45, 2.75) is 13.8 Å². The predicted molar refractivity (Wildman–Crippen MR) is 109 cm³/mol. The first-order valence-electron chi connectivity index (χ1n) is 8.39. The fourth-order valence-electron chi connectivity index (χ4n) is 2.56. The molecule has 1 heterocycles. The highest BCUT2D eigenvalue weighted by atomic mass is 79.9. The van der Waals surface area contributed by atoms with Crippen molar-refractivity contribution in [2.24, 2.45) is 5.10 Å². The standard InChI is InChI=1S/C21H19BrN2O3/c1-14-4-3-5-15(2)21(14)26-13-20(25)24-23-12-18-10-11-19(27-18)16-6-8-17(22)9-7-16/h3-12H,13H2,1-2H3,(H,24,25). The molecule has 0 saturated carbocycles. The van der Waals surface area contributed by atoms with E-state index in [1.165, 1.54) is 6.21 Å². The van der Waals surface area contributed by atoms with Crippen LogP contribution in [0.15, 0.2) is 68.6 Å². The van der Waals surface area contributed by atoms with E-state index in [1.54, 1.807) is 6.07 Å². The first-order chi connectivity index (χ1) is 13.0. The molecule has 1 amide bonds. The summed E-state index contributed by atoms with van der Waals surface area (Å²) in [5.41, 5.74) is 5.37. The Balaban J connectivity index is 1.53. The van der Waals surface area contributed by atoms with E-state index in [0.717, 1.165) is 32.7 Å². The van der Waals surface area contributed by atoms with Gasteiger partial charge in [-0.1, -0.05) is 46.3 Å². The number of ether oxygens (including phenoxy) is 1. The highest BCUT2D eigenvalue weighted by molar-refractivity contribution is 9.10. The van der Waals surface area contributed by atoms with E-state index >= 15 is 0 Å². The summed E-state index contributed by atoms with van der Waals surface area (Å²) in [6.45, 7) is 3.78. The molecule has 0 fully saturated rings. The molecule has 0 aliphatic rings. The van der Waals surface area contributed by atoms with Gasteiger partial charge >= 0.3 is 0 Å². The number of aryl methyl sites for hydroxylation is 2. The van der Waals surface area contributed by atoms with Gasteiger partial charge in [-0.2, -0.15) is 5.10 Å². The Morgan fingerprint density at radius 2 is 1.81 bits per heavy atom. The number of furan rings is 1. The number of hydrazone groups is 1. The second kappa shape index (κ2) is 8.68. The van der Waals surface area contributed by atoms with Crippen LogP contribution in [0.4, 0.5) is 0 Å². The molecular formula is C21H19BrN2O3. The number of nitrogens with one attached hydrogen (secondary N) is 1. The Morgan fingerprint density at radius 3 is 2.52 bits per heavy atom. The zero-order chi connectivity index (χ0) is 19.2.